The molecule has 0 spiro atoms. The predicted octanol–water partition coefficient (Wildman–Crippen LogP) is 3.65. The van der Waals surface area contributed by atoms with Gasteiger partial charge in [-0.1, -0.05) is 66.7 Å². The van der Waals surface area contributed by atoms with Crippen LogP contribution in [-0.4, -0.2) is 60.0 Å². The molecule has 0 aliphatic heterocycles. The number of carbonyl (C=O) groups excluding carboxylic acids is 3. The fraction of sp³-hybridized carbons (Fsp3) is 0.371. The number of hydrogen-bond donors (Lipinski definition) is 6. The maximum Gasteiger partial charge on any atom is 0.453 e. The van der Waals surface area contributed by atoms with Gasteiger partial charge in [0.25, 0.3) is 0 Å². The van der Waals surface area contributed by atoms with Crippen molar-refractivity contribution in [2.45, 2.75) is 57.1 Å². The molecule has 15 heteroatoms. The highest BCUT2D eigenvalue weighted by atomic mass is 31.2. The number of nitrogens with one attached hydrogen (secondary N) is 3. The molecule has 1 unspecified atom stereocenters. The van der Waals surface area contributed by atoms with Gasteiger partial charge in [-0.25, -0.2) is 9.36 Å². The van der Waals surface area contributed by atoms with Gasteiger partial charge in [0.05, 0.1) is 6.61 Å². The Kier molecular flexibility index (Phi) is 14.1. The second kappa shape index (κ2) is 18.6. The van der Waals surface area contributed by atoms with Crippen LogP contribution in [0.1, 0.15) is 38.2 Å². The van der Waals surface area contributed by atoms with Gasteiger partial charge >= 0.3 is 13.7 Å². The monoisotopic (exact) mass is 708 g/mol. The van der Waals surface area contributed by atoms with E-state index in [0.717, 1.165) is 5.56 Å². The smallest absolute Gasteiger partial charge is 0.445 e. The first-order valence-electron chi connectivity index (χ1n) is 16.4. The third-order valence-corrected chi connectivity index (χ3v) is 10.4. The first kappa shape index (κ1) is 37.7. The number of carbonyl (C=O) groups is 3. The molecular formula is C35H45N6O8P. The number of benzene rings is 3. The summed E-state index contributed by atoms with van der Waals surface area (Å²) in [7, 11) is -4.22. The van der Waals surface area contributed by atoms with Crippen LogP contribution in [0.3, 0.4) is 0 Å². The fourth-order valence-electron chi connectivity index (χ4n) is 5.52. The lowest BCUT2D eigenvalue weighted by atomic mass is 9.82. The molecule has 14 nitrogen and oxygen atoms in total. The van der Waals surface area contributed by atoms with Gasteiger partial charge in [-0.3, -0.25) is 14.6 Å². The number of amides is 3. The second-order valence-corrected chi connectivity index (χ2v) is 14.0. The van der Waals surface area contributed by atoms with Crippen molar-refractivity contribution in [1.29, 1.82) is 0 Å². The van der Waals surface area contributed by atoms with Crippen LogP contribution in [0.4, 0.5) is 4.79 Å². The van der Waals surface area contributed by atoms with E-state index in [1.165, 1.54) is 6.92 Å². The largest absolute Gasteiger partial charge is 0.453 e. The number of nitrogens with two attached hydrogens (primary N) is 2. The van der Waals surface area contributed by atoms with Crippen LogP contribution in [0.15, 0.2) is 96.0 Å². The molecule has 0 aromatic heterocycles. The van der Waals surface area contributed by atoms with Gasteiger partial charge in [0.1, 0.15) is 30.2 Å². The van der Waals surface area contributed by atoms with E-state index in [0.29, 0.717) is 32.2 Å². The molecule has 268 valence electrons. The number of alkyl carbamates (subject to hydrolysis) is 1. The van der Waals surface area contributed by atoms with Crippen molar-refractivity contribution >= 4 is 31.5 Å². The maximum absolute atomic E-state index is 15.0. The van der Waals surface area contributed by atoms with Crippen LogP contribution in [0.2, 0.25) is 0 Å². The lowest BCUT2D eigenvalue weighted by Gasteiger charge is -2.37. The molecule has 1 aliphatic rings. The van der Waals surface area contributed by atoms with E-state index in [-0.39, 0.29) is 35.9 Å². The molecule has 3 atom stereocenters. The van der Waals surface area contributed by atoms with Crippen molar-refractivity contribution in [3.8, 4) is 11.5 Å². The zero-order valence-corrected chi connectivity index (χ0v) is 28.7. The molecule has 0 saturated heterocycles. The van der Waals surface area contributed by atoms with Crippen molar-refractivity contribution < 1.29 is 37.8 Å². The minimum absolute atomic E-state index is 0.00744. The number of aliphatic imine (C=N–C) groups is 1. The molecule has 3 amide bonds. The Morgan fingerprint density at radius 3 is 1.88 bits per heavy atom. The first-order valence-corrected chi connectivity index (χ1v) is 18.0. The topological polar surface area (TPSA) is 217 Å². The quantitative estimate of drug-likeness (QED) is 0.0721. The van der Waals surface area contributed by atoms with Crippen molar-refractivity contribution in [3.63, 3.8) is 0 Å². The van der Waals surface area contributed by atoms with E-state index in [1.54, 1.807) is 84.9 Å². The number of guanidine groups is 1. The number of aliphatic hydroxyl groups is 1. The van der Waals surface area contributed by atoms with E-state index in [2.05, 4.69) is 20.9 Å². The van der Waals surface area contributed by atoms with Gasteiger partial charge < -0.3 is 46.3 Å². The Hall–Kier alpha value is -5.07. The zero-order chi connectivity index (χ0) is 35.9. The molecule has 1 aliphatic carbocycles. The highest BCUT2D eigenvalue weighted by molar-refractivity contribution is 7.55. The Bertz CT molecular complexity index is 1560. The molecule has 3 aromatic rings. The fourth-order valence-corrected chi connectivity index (χ4v) is 7.71. The average molecular weight is 709 g/mol. The lowest BCUT2D eigenvalue weighted by molar-refractivity contribution is -0.130. The van der Waals surface area contributed by atoms with Crippen LogP contribution in [-0.2, 0) is 25.5 Å². The summed E-state index contributed by atoms with van der Waals surface area (Å²) in [5, 5.41) is 17.5. The molecule has 1 fully saturated rings. The third-order valence-electron chi connectivity index (χ3n) is 8.21. The van der Waals surface area contributed by atoms with Gasteiger partial charge in [0.15, 0.2) is 11.7 Å². The Balaban J connectivity index is 1.50. The van der Waals surface area contributed by atoms with Crippen molar-refractivity contribution in [2.75, 3.05) is 13.2 Å². The van der Waals surface area contributed by atoms with E-state index < -0.39 is 50.0 Å². The first-order chi connectivity index (χ1) is 24.1. The molecule has 0 radical (unpaired) electrons. The summed E-state index contributed by atoms with van der Waals surface area (Å²) in [6.45, 7) is 1.09. The third kappa shape index (κ3) is 11.5. The van der Waals surface area contributed by atoms with Gasteiger partial charge in [-0.05, 0) is 74.3 Å². The Morgan fingerprint density at radius 1 is 0.820 bits per heavy atom. The van der Waals surface area contributed by atoms with Gasteiger partial charge in [0.2, 0.25) is 11.8 Å². The standard InChI is InChI=1S/C35H45N6O8P/c1-24(39-32(44)30(22-42)40-35(45)47-23-26-11-5-2-6-12-26)31(43)41-33(27-19-17-25(18-20-27)21-38-34(36)37)50(46,48-28-13-7-3-8-14-28)49-29-15-9-4-10-16-29/h2-16,24-25,27,30,33,42H,17-23H2,1H3,(H,39,44)(H,40,45)(H,41,43)(H4,36,37,38)/t24-,25?,27?,30+,33?/m0/s1. The summed E-state index contributed by atoms with van der Waals surface area (Å²) in [6, 6.07) is 23.4. The van der Waals surface area contributed by atoms with E-state index >= 15 is 0 Å². The highest BCUT2D eigenvalue weighted by Gasteiger charge is 2.47. The molecular weight excluding hydrogens is 663 g/mol. The number of para-hydroxylation sites is 2. The molecule has 8 N–H and O–H groups in total. The van der Waals surface area contributed by atoms with Gasteiger partial charge in [-0.2, -0.15) is 0 Å². The lowest BCUT2D eigenvalue weighted by Crippen LogP contribution is -2.56. The molecule has 0 heterocycles. The van der Waals surface area contributed by atoms with Crippen molar-refractivity contribution in [1.82, 2.24) is 16.0 Å². The highest BCUT2D eigenvalue weighted by Crippen LogP contribution is 2.56. The summed E-state index contributed by atoms with van der Waals surface area (Å²) in [5.41, 5.74) is 11.8. The number of ether oxygens (including phenoxy) is 1. The van der Waals surface area contributed by atoms with Gasteiger partial charge in [0, 0.05) is 6.54 Å². The Labute approximate surface area is 291 Å². The minimum atomic E-state index is -4.22. The average Bonchev–Trinajstić information content (AvgIpc) is 3.12. The molecule has 4 rings (SSSR count). The molecule has 1 saturated carbocycles. The van der Waals surface area contributed by atoms with Crippen LogP contribution < -0.4 is 36.5 Å². The van der Waals surface area contributed by atoms with Crippen molar-refractivity contribution in [3.05, 3.63) is 96.6 Å². The normalized spacial score (nSPS) is 17.6. The number of aliphatic hydroxyl groups excluding tert-OH is 1. The summed E-state index contributed by atoms with van der Waals surface area (Å²) < 4.78 is 32.4. The SMILES string of the molecule is C[C@H](NC(=O)[C@@H](CO)NC(=O)OCc1ccccc1)C(=O)NC(C1CCC(CN=C(N)N)CC1)P(=O)(Oc1ccccc1)Oc1ccccc1. The van der Waals surface area contributed by atoms with Crippen LogP contribution in [0.25, 0.3) is 0 Å². The summed E-state index contributed by atoms with van der Waals surface area (Å²) >= 11 is 0. The second-order valence-electron chi connectivity index (χ2n) is 12.0. The summed E-state index contributed by atoms with van der Waals surface area (Å²) in [6.07, 6.45) is 1.58. The number of nitrogens with zero attached hydrogens (tertiary/aromatic N) is 1. The number of hydrogen-bond acceptors (Lipinski definition) is 9. The Morgan fingerprint density at radius 2 is 1.36 bits per heavy atom. The molecule has 3 aromatic carbocycles. The molecule has 0 bridgehead atoms. The van der Waals surface area contributed by atoms with E-state index in [9.17, 15) is 24.1 Å². The zero-order valence-electron chi connectivity index (χ0n) is 27.9. The minimum Gasteiger partial charge on any atom is -0.445 e. The van der Waals surface area contributed by atoms with Gasteiger partial charge in [-0.15, -0.1) is 0 Å². The van der Waals surface area contributed by atoms with Crippen LogP contribution in [0, 0.1) is 11.8 Å². The maximum atomic E-state index is 15.0. The number of rotatable bonds is 16. The summed E-state index contributed by atoms with van der Waals surface area (Å²) in [5.74, 6) is -2.21. The summed E-state index contributed by atoms with van der Waals surface area (Å²) in [4.78, 5) is 43.3. The van der Waals surface area contributed by atoms with Crippen molar-refractivity contribution in [2.24, 2.45) is 28.3 Å². The van der Waals surface area contributed by atoms with Crippen LogP contribution in [0.5, 0.6) is 11.5 Å². The predicted molar refractivity (Wildman–Crippen MR) is 188 cm³/mol. The van der Waals surface area contributed by atoms with E-state index in [1.807, 2.05) is 6.07 Å². The molecule has 50 heavy (non-hydrogen) atoms. The van der Waals surface area contributed by atoms with Crippen LogP contribution >= 0.6 is 7.60 Å². The van der Waals surface area contributed by atoms with E-state index in [4.69, 9.17) is 25.3 Å².